The van der Waals surface area contributed by atoms with E-state index in [2.05, 4.69) is 10.9 Å². The van der Waals surface area contributed by atoms with Crippen LogP contribution in [0.2, 0.25) is 0 Å². The van der Waals surface area contributed by atoms with E-state index in [-0.39, 0.29) is 5.56 Å². The fourth-order valence-electron chi connectivity index (χ4n) is 0.643. The molecule has 0 aliphatic carbocycles. The lowest BCUT2D eigenvalue weighted by molar-refractivity contribution is 0.0696. The van der Waals surface area contributed by atoms with E-state index in [0.29, 0.717) is 5.69 Å². The summed E-state index contributed by atoms with van der Waals surface area (Å²) in [5.74, 6) is 1.25. The Labute approximate surface area is 63.7 Å². The Hall–Kier alpha value is -1.82. The van der Waals surface area contributed by atoms with Gasteiger partial charge in [-0.1, -0.05) is 5.92 Å². The van der Waals surface area contributed by atoms with Crippen LogP contribution in [0.15, 0.2) is 18.3 Å². The van der Waals surface area contributed by atoms with Crippen LogP contribution < -0.4 is 0 Å². The van der Waals surface area contributed by atoms with E-state index in [0.717, 1.165) is 0 Å². The molecular weight excluding hydrogens is 142 g/mol. The summed E-state index contributed by atoms with van der Waals surface area (Å²) in [6.07, 6.45) is 6.39. The van der Waals surface area contributed by atoms with E-state index in [4.69, 9.17) is 11.5 Å². The van der Waals surface area contributed by atoms with Gasteiger partial charge in [-0.2, -0.15) is 0 Å². The molecule has 54 valence electrons. The lowest BCUT2D eigenvalue weighted by atomic mass is 10.2. The Morgan fingerprint density at radius 3 is 3.00 bits per heavy atom. The normalized spacial score (nSPS) is 8.64. The van der Waals surface area contributed by atoms with Crippen molar-refractivity contribution in [1.82, 2.24) is 4.98 Å². The maximum Gasteiger partial charge on any atom is 0.335 e. The molecule has 0 aliphatic rings. The van der Waals surface area contributed by atoms with Crippen LogP contribution in [-0.4, -0.2) is 16.1 Å². The number of carboxylic acid groups (broad SMARTS) is 1. The number of aromatic nitrogens is 1. The van der Waals surface area contributed by atoms with E-state index in [1.54, 1.807) is 0 Å². The van der Waals surface area contributed by atoms with Crippen molar-refractivity contribution in [3.05, 3.63) is 29.6 Å². The molecule has 1 aromatic rings. The van der Waals surface area contributed by atoms with Gasteiger partial charge in [-0.25, -0.2) is 9.78 Å². The second kappa shape index (κ2) is 2.84. The van der Waals surface area contributed by atoms with Crippen molar-refractivity contribution in [3.63, 3.8) is 0 Å². The number of carboxylic acids is 1. The van der Waals surface area contributed by atoms with Crippen molar-refractivity contribution >= 4 is 5.97 Å². The number of hydrogen-bond donors (Lipinski definition) is 1. The molecule has 0 aromatic carbocycles. The SMILES string of the molecule is C#Cc1cc(C(=O)O)ccn1. The minimum Gasteiger partial charge on any atom is -0.478 e. The van der Waals surface area contributed by atoms with Crippen LogP contribution in [0.4, 0.5) is 0 Å². The third-order valence-electron chi connectivity index (χ3n) is 1.15. The van der Waals surface area contributed by atoms with Gasteiger partial charge < -0.3 is 5.11 Å². The van der Waals surface area contributed by atoms with Gasteiger partial charge in [0.2, 0.25) is 0 Å². The molecule has 0 spiro atoms. The first-order chi connectivity index (χ1) is 5.24. The van der Waals surface area contributed by atoms with Crippen molar-refractivity contribution in [2.24, 2.45) is 0 Å². The summed E-state index contributed by atoms with van der Waals surface area (Å²) in [5.41, 5.74) is 0.498. The molecule has 1 rings (SSSR count). The van der Waals surface area contributed by atoms with Gasteiger partial charge in [0.15, 0.2) is 0 Å². The molecule has 0 unspecified atom stereocenters. The number of nitrogens with zero attached hydrogens (tertiary/aromatic N) is 1. The van der Waals surface area contributed by atoms with Gasteiger partial charge >= 0.3 is 5.97 Å². The molecule has 1 heterocycles. The molecule has 11 heavy (non-hydrogen) atoms. The van der Waals surface area contributed by atoms with Crippen molar-refractivity contribution in [3.8, 4) is 12.3 Å². The molecule has 3 heteroatoms. The number of terminal acetylenes is 1. The molecule has 1 N–H and O–H groups in total. The maximum atomic E-state index is 10.4. The standard InChI is InChI=1S/C8H5NO2/c1-2-7-5-6(8(10)11)3-4-9-7/h1,3-5H,(H,10,11). The highest BCUT2D eigenvalue weighted by Crippen LogP contribution is 1.99. The number of carbonyl (C=O) groups is 1. The summed E-state index contributed by atoms with van der Waals surface area (Å²) in [6.45, 7) is 0. The van der Waals surface area contributed by atoms with Crippen molar-refractivity contribution in [2.45, 2.75) is 0 Å². The summed E-state index contributed by atoms with van der Waals surface area (Å²) in [7, 11) is 0. The Bertz CT molecular complexity index is 325. The first-order valence-electron chi connectivity index (χ1n) is 2.90. The number of pyridine rings is 1. The van der Waals surface area contributed by atoms with Gasteiger partial charge in [0.05, 0.1) is 5.56 Å². The topological polar surface area (TPSA) is 50.2 Å². The van der Waals surface area contributed by atoms with Crippen LogP contribution in [0, 0.1) is 12.3 Å². The van der Waals surface area contributed by atoms with E-state index in [1.807, 2.05) is 0 Å². The summed E-state index contributed by atoms with van der Waals surface area (Å²) in [4.78, 5) is 14.1. The van der Waals surface area contributed by atoms with E-state index in [9.17, 15) is 4.79 Å². The molecule has 0 aliphatic heterocycles. The maximum absolute atomic E-state index is 10.4. The molecule has 0 bridgehead atoms. The highest BCUT2D eigenvalue weighted by molar-refractivity contribution is 5.87. The predicted molar refractivity (Wildman–Crippen MR) is 39.1 cm³/mol. The number of rotatable bonds is 1. The average Bonchev–Trinajstić information content (AvgIpc) is 2.05. The first kappa shape index (κ1) is 7.29. The number of aromatic carboxylic acids is 1. The molecule has 0 saturated carbocycles. The van der Waals surface area contributed by atoms with Gasteiger partial charge in [0, 0.05) is 6.20 Å². The van der Waals surface area contributed by atoms with Crippen LogP contribution in [0.25, 0.3) is 0 Å². The largest absolute Gasteiger partial charge is 0.478 e. The zero-order valence-electron chi connectivity index (χ0n) is 5.61. The molecule has 0 atom stereocenters. The Kier molecular flexibility index (Phi) is 1.88. The fourth-order valence-corrected chi connectivity index (χ4v) is 0.643. The Morgan fingerprint density at radius 1 is 1.73 bits per heavy atom. The van der Waals surface area contributed by atoms with E-state index >= 15 is 0 Å². The smallest absolute Gasteiger partial charge is 0.335 e. The molecule has 0 fully saturated rings. The van der Waals surface area contributed by atoms with Crippen molar-refractivity contribution in [1.29, 1.82) is 0 Å². The van der Waals surface area contributed by atoms with Gasteiger partial charge in [0.25, 0.3) is 0 Å². The van der Waals surface area contributed by atoms with Gasteiger partial charge in [0.1, 0.15) is 5.69 Å². The molecule has 0 saturated heterocycles. The number of hydrogen-bond acceptors (Lipinski definition) is 2. The summed E-state index contributed by atoms with van der Waals surface area (Å²) in [5, 5.41) is 8.51. The van der Waals surface area contributed by atoms with Gasteiger partial charge in [-0.15, -0.1) is 6.42 Å². The Balaban J connectivity index is 3.13. The second-order valence-corrected chi connectivity index (χ2v) is 1.88. The molecule has 0 amide bonds. The van der Waals surface area contributed by atoms with Gasteiger partial charge in [-0.3, -0.25) is 0 Å². The minimum absolute atomic E-state index is 0.160. The second-order valence-electron chi connectivity index (χ2n) is 1.88. The van der Waals surface area contributed by atoms with E-state index < -0.39 is 5.97 Å². The first-order valence-corrected chi connectivity index (χ1v) is 2.90. The quantitative estimate of drug-likeness (QED) is 0.596. The summed E-state index contributed by atoms with van der Waals surface area (Å²) in [6, 6.07) is 2.74. The van der Waals surface area contributed by atoms with Crippen molar-refractivity contribution < 1.29 is 9.90 Å². The molecule has 0 radical (unpaired) electrons. The zero-order chi connectivity index (χ0) is 8.27. The zero-order valence-corrected chi connectivity index (χ0v) is 5.61. The van der Waals surface area contributed by atoms with Crippen LogP contribution >= 0.6 is 0 Å². The lowest BCUT2D eigenvalue weighted by Crippen LogP contribution is -1.97. The van der Waals surface area contributed by atoms with Crippen LogP contribution in [0.3, 0.4) is 0 Å². The van der Waals surface area contributed by atoms with Crippen LogP contribution in [0.1, 0.15) is 16.1 Å². The predicted octanol–water partition coefficient (Wildman–Crippen LogP) is 0.761. The highest BCUT2D eigenvalue weighted by atomic mass is 16.4. The molecule has 3 nitrogen and oxygen atoms in total. The van der Waals surface area contributed by atoms with E-state index in [1.165, 1.54) is 18.3 Å². The van der Waals surface area contributed by atoms with Gasteiger partial charge in [-0.05, 0) is 12.1 Å². The third-order valence-corrected chi connectivity index (χ3v) is 1.15. The monoisotopic (exact) mass is 147 g/mol. The highest BCUT2D eigenvalue weighted by Gasteiger charge is 2.01. The fraction of sp³-hybridized carbons (Fsp3) is 0. The average molecular weight is 147 g/mol. The van der Waals surface area contributed by atoms with Crippen LogP contribution in [-0.2, 0) is 0 Å². The Morgan fingerprint density at radius 2 is 2.45 bits per heavy atom. The third kappa shape index (κ3) is 1.55. The minimum atomic E-state index is -0.996. The summed E-state index contributed by atoms with van der Waals surface area (Å²) >= 11 is 0. The summed E-state index contributed by atoms with van der Waals surface area (Å²) < 4.78 is 0. The van der Waals surface area contributed by atoms with Crippen LogP contribution in [0.5, 0.6) is 0 Å². The molecule has 1 aromatic heterocycles. The lowest BCUT2D eigenvalue weighted by Gasteiger charge is -1.92. The molecular formula is C8H5NO2. The van der Waals surface area contributed by atoms with Crippen molar-refractivity contribution in [2.75, 3.05) is 0 Å².